The third-order valence-electron chi connectivity index (χ3n) is 3.28. The zero-order valence-corrected chi connectivity index (χ0v) is 14.6. The molecule has 0 bridgehead atoms. The Morgan fingerprint density at radius 2 is 1.88 bits per heavy atom. The Kier molecular flexibility index (Phi) is 5.63. The fourth-order valence-electron chi connectivity index (χ4n) is 2.09. The Morgan fingerprint density at radius 1 is 1.16 bits per heavy atom. The number of amides is 1. The number of ether oxygens (including phenoxy) is 1. The number of benzene rings is 2. The van der Waals surface area contributed by atoms with Gasteiger partial charge in [-0.15, -0.1) is 11.3 Å². The molecule has 1 heterocycles. The minimum absolute atomic E-state index is 0.117. The molecule has 1 aromatic heterocycles. The maximum atomic E-state index is 12.9. The van der Waals surface area contributed by atoms with Crippen molar-refractivity contribution >= 4 is 34.0 Å². The van der Waals surface area contributed by atoms with Crippen LogP contribution in [0.1, 0.15) is 10.4 Å². The summed E-state index contributed by atoms with van der Waals surface area (Å²) in [6, 6.07) is 13.1. The van der Waals surface area contributed by atoms with E-state index in [0.29, 0.717) is 22.3 Å². The van der Waals surface area contributed by atoms with Crippen molar-refractivity contribution in [3.8, 4) is 5.75 Å². The Balaban J connectivity index is 1.51. The van der Waals surface area contributed by atoms with Gasteiger partial charge in [0.25, 0.3) is 5.91 Å². The largest absolute Gasteiger partial charge is 0.484 e. The van der Waals surface area contributed by atoms with Crippen molar-refractivity contribution in [2.75, 3.05) is 11.9 Å². The lowest BCUT2D eigenvalue weighted by molar-refractivity contribution is -0.118. The lowest BCUT2D eigenvalue weighted by Crippen LogP contribution is -2.19. The summed E-state index contributed by atoms with van der Waals surface area (Å²) >= 11 is 7.16. The van der Waals surface area contributed by atoms with Crippen molar-refractivity contribution in [2.45, 2.75) is 6.42 Å². The molecule has 128 valence electrons. The molecule has 0 fully saturated rings. The Bertz CT molecular complexity index is 850. The average Bonchev–Trinajstić information content (AvgIpc) is 3.03. The first kappa shape index (κ1) is 17.4. The van der Waals surface area contributed by atoms with Crippen molar-refractivity contribution in [1.82, 2.24) is 4.98 Å². The van der Waals surface area contributed by atoms with Crippen LogP contribution >= 0.6 is 22.9 Å². The third kappa shape index (κ3) is 5.27. The highest BCUT2D eigenvalue weighted by Gasteiger charge is 2.08. The molecule has 1 amide bonds. The maximum Gasteiger partial charge on any atom is 0.264 e. The molecule has 3 aromatic rings. The molecule has 1 N–H and O–H groups in total. The molecule has 0 unspecified atom stereocenters. The van der Waals surface area contributed by atoms with Crippen LogP contribution in [0.2, 0.25) is 5.02 Å². The first-order chi connectivity index (χ1) is 12.1. The van der Waals surface area contributed by atoms with Crippen LogP contribution in [0.15, 0.2) is 54.7 Å². The quantitative estimate of drug-likeness (QED) is 0.687. The van der Waals surface area contributed by atoms with Crippen LogP contribution in [0, 0.1) is 5.82 Å². The molecule has 0 aliphatic heterocycles. The summed E-state index contributed by atoms with van der Waals surface area (Å²) in [5, 5.41) is 3.80. The Morgan fingerprint density at radius 3 is 2.60 bits per heavy atom. The average molecular weight is 377 g/mol. The smallest absolute Gasteiger partial charge is 0.264 e. The highest BCUT2D eigenvalue weighted by Crippen LogP contribution is 2.21. The molecule has 0 spiro atoms. The van der Waals surface area contributed by atoms with Crippen molar-refractivity contribution in [1.29, 1.82) is 0 Å². The second-order valence-corrected chi connectivity index (χ2v) is 6.78. The van der Waals surface area contributed by atoms with Gasteiger partial charge < -0.3 is 4.74 Å². The van der Waals surface area contributed by atoms with E-state index in [2.05, 4.69) is 10.3 Å². The minimum Gasteiger partial charge on any atom is -0.484 e. The number of thiazole rings is 1. The molecule has 2 aromatic carbocycles. The molecule has 0 aliphatic carbocycles. The number of carbonyl (C=O) groups excluding carboxylic acids is 1. The highest BCUT2D eigenvalue weighted by molar-refractivity contribution is 7.15. The van der Waals surface area contributed by atoms with Gasteiger partial charge in [-0.05, 0) is 42.0 Å². The van der Waals surface area contributed by atoms with Crippen molar-refractivity contribution < 1.29 is 13.9 Å². The number of hydrogen-bond acceptors (Lipinski definition) is 4. The summed E-state index contributed by atoms with van der Waals surface area (Å²) in [4.78, 5) is 17.1. The number of nitrogens with one attached hydrogen (secondary N) is 1. The van der Waals surface area contributed by atoms with Gasteiger partial charge in [-0.25, -0.2) is 9.37 Å². The predicted octanol–water partition coefficient (Wildman–Crippen LogP) is 4.54. The first-order valence-electron chi connectivity index (χ1n) is 7.46. The molecule has 0 saturated carbocycles. The molecule has 7 heteroatoms. The normalized spacial score (nSPS) is 10.5. The molecule has 0 atom stereocenters. The van der Waals surface area contributed by atoms with E-state index < -0.39 is 0 Å². The Labute approximate surface area is 153 Å². The van der Waals surface area contributed by atoms with E-state index in [1.54, 1.807) is 42.6 Å². The van der Waals surface area contributed by atoms with E-state index in [9.17, 15) is 9.18 Å². The summed E-state index contributed by atoms with van der Waals surface area (Å²) in [6.45, 7) is -0.117. The topological polar surface area (TPSA) is 51.2 Å². The lowest BCUT2D eigenvalue weighted by atomic mass is 10.1. The van der Waals surface area contributed by atoms with Crippen LogP contribution in [0.5, 0.6) is 5.75 Å². The van der Waals surface area contributed by atoms with Crippen LogP contribution in [0.4, 0.5) is 9.52 Å². The van der Waals surface area contributed by atoms with Gasteiger partial charge in [0.05, 0.1) is 0 Å². The number of anilines is 1. The maximum absolute atomic E-state index is 12.9. The predicted molar refractivity (Wildman–Crippen MR) is 96.9 cm³/mol. The van der Waals surface area contributed by atoms with Crippen LogP contribution in [0.25, 0.3) is 0 Å². The summed E-state index contributed by atoms with van der Waals surface area (Å²) in [7, 11) is 0. The zero-order valence-electron chi connectivity index (χ0n) is 13.0. The minimum atomic E-state index is -0.294. The summed E-state index contributed by atoms with van der Waals surface area (Å²) in [6.07, 6.45) is 2.33. The molecule has 4 nitrogen and oxygen atoms in total. The van der Waals surface area contributed by atoms with Gasteiger partial charge in [0.1, 0.15) is 11.6 Å². The van der Waals surface area contributed by atoms with Gasteiger partial charge >= 0.3 is 0 Å². The van der Waals surface area contributed by atoms with E-state index in [1.165, 1.54) is 23.5 Å². The van der Waals surface area contributed by atoms with Crippen LogP contribution in [-0.2, 0) is 11.2 Å². The van der Waals surface area contributed by atoms with Crippen molar-refractivity contribution in [3.63, 3.8) is 0 Å². The SMILES string of the molecule is O=C(COc1ccc(Cl)cc1)Nc1ncc(Cc2ccc(F)cc2)s1. The Hall–Kier alpha value is -2.44. The van der Waals surface area contributed by atoms with Crippen molar-refractivity contribution in [3.05, 3.63) is 76.0 Å². The number of nitrogens with zero attached hydrogens (tertiary/aromatic N) is 1. The van der Waals surface area contributed by atoms with Crippen LogP contribution in [-0.4, -0.2) is 17.5 Å². The monoisotopic (exact) mass is 376 g/mol. The van der Waals surface area contributed by atoms with Gasteiger partial charge in [0.2, 0.25) is 0 Å². The van der Waals surface area contributed by atoms with Gasteiger partial charge in [0, 0.05) is 22.5 Å². The number of carbonyl (C=O) groups is 1. The fraction of sp³-hybridized carbons (Fsp3) is 0.111. The van der Waals surface area contributed by atoms with E-state index in [4.69, 9.17) is 16.3 Å². The number of aromatic nitrogens is 1. The first-order valence-corrected chi connectivity index (χ1v) is 8.65. The summed E-state index contributed by atoms with van der Waals surface area (Å²) in [5.74, 6) is 0.00927. The molecule has 0 aliphatic rings. The van der Waals surface area contributed by atoms with Gasteiger partial charge in [-0.1, -0.05) is 23.7 Å². The molecule has 0 saturated heterocycles. The second-order valence-electron chi connectivity index (χ2n) is 5.23. The third-order valence-corrected chi connectivity index (χ3v) is 4.44. The van der Waals surface area contributed by atoms with E-state index >= 15 is 0 Å². The highest BCUT2D eigenvalue weighted by atomic mass is 35.5. The number of halogens is 2. The van der Waals surface area contributed by atoms with E-state index in [0.717, 1.165) is 10.4 Å². The molecular weight excluding hydrogens is 363 g/mol. The number of hydrogen-bond donors (Lipinski definition) is 1. The van der Waals surface area contributed by atoms with E-state index in [-0.39, 0.29) is 18.3 Å². The van der Waals surface area contributed by atoms with Gasteiger partial charge in [0.15, 0.2) is 11.7 Å². The number of rotatable bonds is 6. The second kappa shape index (κ2) is 8.09. The van der Waals surface area contributed by atoms with Crippen LogP contribution in [0.3, 0.4) is 0 Å². The summed E-state index contributed by atoms with van der Waals surface area (Å²) < 4.78 is 18.3. The summed E-state index contributed by atoms with van der Waals surface area (Å²) in [5.41, 5.74) is 0.981. The lowest BCUT2D eigenvalue weighted by Gasteiger charge is -2.05. The fourth-order valence-corrected chi connectivity index (χ4v) is 3.07. The van der Waals surface area contributed by atoms with Crippen molar-refractivity contribution in [2.24, 2.45) is 0 Å². The van der Waals surface area contributed by atoms with E-state index in [1.807, 2.05) is 0 Å². The standard InChI is InChI=1S/C18H14ClFN2O2S/c19-13-3-7-15(8-4-13)24-11-17(23)22-18-21-10-16(25-18)9-12-1-5-14(20)6-2-12/h1-8,10H,9,11H2,(H,21,22,23). The van der Waals surface area contributed by atoms with Gasteiger partial charge in [-0.2, -0.15) is 0 Å². The van der Waals surface area contributed by atoms with Gasteiger partial charge in [-0.3, -0.25) is 10.1 Å². The molecule has 0 radical (unpaired) electrons. The van der Waals surface area contributed by atoms with Crippen LogP contribution < -0.4 is 10.1 Å². The molecule has 3 rings (SSSR count). The molecule has 25 heavy (non-hydrogen) atoms. The molecular formula is C18H14ClFN2O2S. The zero-order chi connectivity index (χ0) is 17.6.